The minimum atomic E-state index is -4.40. The topological polar surface area (TPSA) is 49.3 Å². The number of carbonyl (C=O) groups is 1. The van der Waals surface area contributed by atoms with E-state index in [2.05, 4.69) is 9.97 Å². The van der Waals surface area contributed by atoms with Crippen molar-refractivity contribution in [1.82, 2.24) is 14.9 Å². The van der Waals surface area contributed by atoms with Gasteiger partial charge in [0.15, 0.2) is 0 Å². The maximum absolute atomic E-state index is 12.7. The van der Waals surface area contributed by atoms with Crippen LogP contribution in [0.4, 0.5) is 19.0 Å². The van der Waals surface area contributed by atoms with Crippen LogP contribution in [0.15, 0.2) is 42.0 Å². The normalized spacial score (nSPS) is 15.1. The first-order valence-electron chi connectivity index (χ1n) is 8.49. The Morgan fingerprint density at radius 2 is 1.82 bits per heavy atom. The van der Waals surface area contributed by atoms with Crippen molar-refractivity contribution in [2.45, 2.75) is 6.18 Å². The van der Waals surface area contributed by atoms with Crippen LogP contribution in [0.2, 0.25) is 0 Å². The van der Waals surface area contributed by atoms with Crippen LogP contribution >= 0.6 is 22.7 Å². The quantitative estimate of drug-likeness (QED) is 0.631. The maximum atomic E-state index is 12.7. The van der Waals surface area contributed by atoms with Gasteiger partial charge in [0.1, 0.15) is 15.7 Å². The minimum absolute atomic E-state index is 0.0691. The van der Waals surface area contributed by atoms with E-state index >= 15 is 0 Å². The summed E-state index contributed by atoms with van der Waals surface area (Å²) in [6.45, 7) is 1.99. The third-order valence-corrected chi connectivity index (χ3v) is 6.44. The Labute approximate surface area is 167 Å². The molecule has 0 spiro atoms. The first-order chi connectivity index (χ1) is 13.4. The summed E-state index contributed by atoms with van der Waals surface area (Å²) >= 11 is 2.95. The Kier molecular flexibility index (Phi) is 5.07. The van der Waals surface area contributed by atoms with Gasteiger partial charge in [-0.25, -0.2) is 9.97 Å². The lowest BCUT2D eigenvalue weighted by atomic mass is 10.2. The van der Waals surface area contributed by atoms with Crippen LogP contribution in [0.5, 0.6) is 0 Å². The van der Waals surface area contributed by atoms with Crippen LogP contribution in [-0.4, -0.2) is 47.0 Å². The number of amides is 1. The van der Waals surface area contributed by atoms with Gasteiger partial charge in [0.2, 0.25) is 0 Å². The maximum Gasteiger partial charge on any atom is 0.417 e. The fourth-order valence-corrected chi connectivity index (χ4v) is 4.61. The zero-order valence-electron chi connectivity index (χ0n) is 14.5. The lowest BCUT2D eigenvalue weighted by Gasteiger charge is -2.35. The van der Waals surface area contributed by atoms with Crippen molar-refractivity contribution in [3.8, 4) is 9.88 Å². The van der Waals surface area contributed by atoms with Gasteiger partial charge < -0.3 is 9.80 Å². The van der Waals surface area contributed by atoms with E-state index in [1.807, 2.05) is 22.4 Å². The van der Waals surface area contributed by atoms with E-state index in [-0.39, 0.29) is 5.91 Å². The molecule has 0 aromatic carbocycles. The van der Waals surface area contributed by atoms with Crippen molar-refractivity contribution in [3.63, 3.8) is 0 Å². The van der Waals surface area contributed by atoms with Crippen molar-refractivity contribution in [1.29, 1.82) is 0 Å². The predicted molar refractivity (Wildman–Crippen MR) is 103 cm³/mol. The lowest BCUT2D eigenvalue weighted by molar-refractivity contribution is -0.137. The van der Waals surface area contributed by atoms with Crippen LogP contribution < -0.4 is 4.90 Å². The molecule has 0 saturated carbocycles. The third kappa shape index (κ3) is 3.88. The van der Waals surface area contributed by atoms with Gasteiger partial charge in [-0.2, -0.15) is 13.2 Å². The molecule has 3 aromatic rings. The standard InChI is InChI=1S/C18H15F3N4OS2/c19-18(20,21)12-3-4-15(22-10-12)24-5-7-25(8-6-24)17(26)14-11-23-16(28-14)13-2-1-9-27-13/h1-4,9-11H,5-8H2. The van der Waals surface area contributed by atoms with E-state index in [1.54, 1.807) is 22.4 Å². The van der Waals surface area contributed by atoms with Gasteiger partial charge in [0.05, 0.1) is 16.6 Å². The second-order valence-corrected chi connectivity index (χ2v) is 8.17. The fraction of sp³-hybridized carbons (Fsp3) is 0.278. The van der Waals surface area contributed by atoms with E-state index in [0.717, 1.165) is 22.1 Å². The second-order valence-electron chi connectivity index (χ2n) is 6.19. The van der Waals surface area contributed by atoms with Crippen LogP contribution in [0.3, 0.4) is 0 Å². The molecule has 0 atom stereocenters. The van der Waals surface area contributed by atoms with Crippen LogP contribution in [0.25, 0.3) is 9.88 Å². The fourth-order valence-electron chi connectivity index (χ4n) is 2.92. The monoisotopic (exact) mass is 424 g/mol. The molecule has 1 amide bonds. The van der Waals surface area contributed by atoms with Crippen molar-refractivity contribution in [2.24, 2.45) is 0 Å². The molecular formula is C18H15F3N4OS2. The molecule has 28 heavy (non-hydrogen) atoms. The summed E-state index contributed by atoms with van der Waals surface area (Å²) in [5.74, 6) is 0.415. The molecule has 10 heteroatoms. The first kappa shape index (κ1) is 18.9. The summed E-state index contributed by atoms with van der Waals surface area (Å²) < 4.78 is 38.0. The number of rotatable bonds is 3. The number of halogens is 3. The summed E-state index contributed by atoms with van der Waals surface area (Å²) in [6, 6.07) is 6.31. The molecule has 146 valence electrons. The molecule has 1 saturated heterocycles. The number of thiazole rings is 1. The SMILES string of the molecule is O=C(c1cnc(-c2cccs2)s1)N1CCN(c2ccc(C(F)(F)F)cn2)CC1. The van der Waals surface area contributed by atoms with Gasteiger partial charge in [0, 0.05) is 32.4 Å². The lowest BCUT2D eigenvalue weighted by Crippen LogP contribution is -2.48. The van der Waals surface area contributed by atoms with Gasteiger partial charge in [-0.05, 0) is 23.6 Å². The van der Waals surface area contributed by atoms with Gasteiger partial charge in [-0.15, -0.1) is 22.7 Å². The van der Waals surface area contributed by atoms with E-state index in [4.69, 9.17) is 0 Å². The molecule has 3 aromatic heterocycles. The summed E-state index contributed by atoms with van der Waals surface area (Å²) in [4.78, 5) is 26.2. The van der Waals surface area contributed by atoms with Crippen molar-refractivity contribution in [2.75, 3.05) is 31.1 Å². The highest BCUT2D eigenvalue weighted by molar-refractivity contribution is 7.21. The highest BCUT2D eigenvalue weighted by Crippen LogP contribution is 2.31. The van der Waals surface area contributed by atoms with Gasteiger partial charge in [-0.1, -0.05) is 6.07 Å². The van der Waals surface area contributed by atoms with E-state index in [9.17, 15) is 18.0 Å². The van der Waals surface area contributed by atoms with Crippen LogP contribution in [-0.2, 0) is 6.18 Å². The molecule has 0 unspecified atom stereocenters. The Bertz CT molecular complexity index is 946. The summed E-state index contributed by atoms with van der Waals surface area (Å²) in [6.07, 6.45) is -1.95. The first-order valence-corrected chi connectivity index (χ1v) is 10.2. The average Bonchev–Trinajstić information content (AvgIpc) is 3.38. The van der Waals surface area contributed by atoms with Gasteiger partial charge in [-0.3, -0.25) is 4.79 Å². The Morgan fingerprint density at radius 1 is 1.04 bits per heavy atom. The number of pyridine rings is 1. The molecular weight excluding hydrogens is 409 g/mol. The Balaban J connectivity index is 1.38. The zero-order chi connectivity index (χ0) is 19.7. The number of hydrogen-bond donors (Lipinski definition) is 0. The number of aromatic nitrogens is 2. The van der Waals surface area contributed by atoms with Crippen LogP contribution in [0, 0.1) is 0 Å². The van der Waals surface area contributed by atoms with Gasteiger partial charge in [0.25, 0.3) is 5.91 Å². The average molecular weight is 424 g/mol. The second kappa shape index (κ2) is 7.51. The van der Waals surface area contributed by atoms with Crippen molar-refractivity contribution >= 4 is 34.4 Å². The molecule has 0 radical (unpaired) electrons. The molecule has 1 aliphatic heterocycles. The highest BCUT2D eigenvalue weighted by atomic mass is 32.1. The van der Waals surface area contributed by atoms with Crippen LogP contribution in [0.1, 0.15) is 15.2 Å². The molecule has 1 fully saturated rings. The summed E-state index contributed by atoms with van der Waals surface area (Å²) in [5.41, 5.74) is -0.767. The molecule has 0 aliphatic carbocycles. The smallest absolute Gasteiger partial charge is 0.353 e. The summed E-state index contributed by atoms with van der Waals surface area (Å²) in [5, 5.41) is 2.79. The number of nitrogens with zero attached hydrogens (tertiary/aromatic N) is 4. The van der Waals surface area contributed by atoms with E-state index in [0.29, 0.717) is 36.9 Å². The number of carbonyl (C=O) groups excluding carboxylic acids is 1. The molecule has 0 N–H and O–H groups in total. The molecule has 5 nitrogen and oxygen atoms in total. The number of piperazine rings is 1. The van der Waals surface area contributed by atoms with E-state index in [1.165, 1.54) is 17.4 Å². The Morgan fingerprint density at radius 3 is 2.43 bits per heavy atom. The molecule has 1 aliphatic rings. The molecule has 4 heterocycles. The molecule has 0 bridgehead atoms. The van der Waals surface area contributed by atoms with Crippen molar-refractivity contribution in [3.05, 3.63) is 52.5 Å². The van der Waals surface area contributed by atoms with Gasteiger partial charge >= 0.3 is 6.18 Å². The Hall–Kier alpha value is -2.46. The number of anilines is 1. The number of alkyl halides is 3. The van der Waals surface area contributed by atoms with E-state index < -0.39 is 11.7 Å². The largest absolute Gasteiger partial charge is 0.417 e. The zero-order valence-corrected chi connectivity index (χ0v) is 16.2. The van der Waals surface area contributed by atoms with Crippen molar-refractivity contribution < 1.29 is 18.0 Å². The molecule has 4 rings (SSSR count). The predicted octanol–water partition coefficient (Wildman–Crippen LogP) is 4.25. The third-order valence-electron chi connectivity index (χ3n) is 4.41. The minimum Gasteiger partial charge on any atom is -0.353 e. The number of thiophene rings is 1. The highest BCUT2D eigenvalue weighted by Gasteiger charge is 2.31. The number of hydrogen-bond acceptors (Lipinski definition) is 6. The summed E-state index contributed by atoms with van der Waals surface area (Å²) in [7, 11) is 0.